The fraction of sp³-hybridized carbons (Fsp3) is 0.667. The Morgan fingerprint density at radius 3 is 2.36 bits per heavy atom. The first-order chi connectivity index (χ1) is 15.2. The zero-order chi connectivity index (χ0) is 24.4. The SMILES string of the molecule is CC1(C)O[C@@H]2C(=O)[C@@H](O[Si](C)(C)C(C)(C)C)[C@@H](O)[C@@]3(CC(=O)N3OCc3ccccc3)[C@@H]2O1. The average Bonchev–Trinajstić information content (AvgIpc) is 3.04. The molecule has 3 fully saturated rings. The summed E-state index contributed by atoms with van der Waals surface area (Å²) in [6.45, 7) is 13.8. The summed E-state index contributed by atoms with van der Waals surface area (Å²) < 4.78 is 18.5. The van der Waals surface area contributed by atoms with Crippen LogP contribution in [0.2, 0.25) is 18.1 Å². The largest absolute Gasteiger partial charge is 0.404 e. The van der Waals surface area contributed by atoms with Crippen LogP contribution in [0.15, 0.2) is 30.3 Å². The van der Waals surface area contributed by atoms with Crippen molar-refractivity contribution in [1.82, 2.24) is 5.06 Å². The van der Waals surface area contributed by atoms with Gasteiger partial charge in [-0.25, -0.2) is 5.06 Å². The highest BCUT2D eigenvalue weighted by molar-refractivity contribution is 6.74. The van der Waals surface area contributed by atoms with Gasteiger partial charge in [0.15, 0.2) is 26.0 Å². The Balaban J connectivity index is 1.68. The second-order valence-electron chi connectivity index (χ2n) is 11.2. The molecule has 1 amide bonds. The molecule has 182 valence electrons. The monoisotopic (exact) mass is 477 g/mol. The van der Waals surface area contributed by atoms with E-state index in [1.807, 2.05) is 43.4 Å². The number of hydroxylamine groups is 2. The molecule has 2 heterocycles. The van der Waals surface area contributed by atoms with Crippen molar-refractivity contribution in [2.45, 2.75) is 102 Å². The lowest BCUT2D eigenvalue weighted by Crippen LogP contribution is -2.82. The van der Waals surface area contributed by atoms with Crippen LogP contribution < -0.4 is 0 Å². The lowest BCUT2D eigenvalue weighted by Gasteiger charge is -2.59. The molecular weight excluding hydrogens is 442 g/mol. The van der Waals surface area contributed by atoms with Gasteiger partial charge in [0.25, 0.3) is 0 Å². The fourth-order valence-electron chi connectivity index (χ4n) is 4.57. The van der Waals surface area contributed by atoms with Gasteiger partial charge in [0.1, 0.15) is 30.5 Å². The lowest BCUT2D eigenvalue weighted by molar-refractivity contribution is -0.316. The highest BCUT2D eigenvalue weighted by Gasteiger charge is 2.74. The number of aliphatic hydroxyl groups is 1. The number of fused-ring (bicyclic) bond motifs is 2. The number of carbonyl (C=O) groups is 2. The topological polar surface area (TPSA) is 94.5 Å². The first-order valence-electron chi connectivity index (χ1n) is 11.4. The Hall–Kier alpha value is -1.62. The zero-order valence-electron chi connectivity index (χ0n) is 20.5. The molecule has 9 heteroatoms. The van der Waals surface area contributed by atoms with Crippen LogP contribution in [0.5, 0.6) is 0 Å². The van der Waals surface area contributed by atoms with E-state index in [2.05, 4.69) is 20.8 Å². The molecule has 1 spiro atoms. The predicted molar refractivity (Wildman–Crippen MR) is 122 cm³/mol. The minimum atomic E-state index is -2.44. The van der Waals surface area contributed by atoms with Gasteiger partial charge in [-0.05, 0) is 37.5 Å². The number of carbonyl (C=O) groups excluding carboxylic acids is 2. The second-order valence-corrected chi connectivity index (χ2v) is 16.0. The number of aliphatic hydroxyl groups excluding tert-OH is 1. The summed E-state index contributed by atoms with van der Waals surface area (Å²) in [7, 11) is -2.44. The molecule has 2 aliphatic heterocycles. The highest BCUT2D eigenvalue weighted by Crippen LogP contribution is 2.52. The van der Waals surface area contributed by atoms with Crippen LogP contribution in [0.1, 0.15) is 46.6 Å². The molecule has 1 aromatic carbocycles. The fourth-order valence-corrected chi connectivity index (χ4v) is 5.81. The molecule has 2 saturated heterocycles. The van der Waals surface area contributed by atoms with Gasteiger partial charge in [0.05, 0.1) is 6.42 Å². The zero-order valence-corrected chi connectivity index (χ0v) is 21.5. The first-order valence-corrected chi connectivity index (χ1v) is 14.4. The normalized spacial score (nSPS) is 33.9. The quantitative estimate of drug-likeness (QED) is 0.515. The van der Waals surface area contributed by atoms with E-state index in [0.29, 0.717) is 0 Å². The van der Waals surface area contributed by atoms with Crippen LogP contribution in [0, 0.1) is 0 Å². The summed E-state index contributed by atoms with van der Waals surface area (Å²) >= 11 is 0. The van der Waals surface area contributed by atoms with Crippen LogP contribution in [-0.2, 0) is 34.9 Å². The van der Waals surface area contributed by atoms with E-state index < -0.39 is 44.1 Å². The summed E-state index contributed by atoms with van der Waals surface area (Å²) in [5, 5.41) is 12.6. The Bertz CT molecular complexity index is 928. The maximum absolute atomic E-state index is 13.5. The first kappa shape index (κ1) is 24.5. The number of β-lactam (4-membered cyclic amide) rings is 1. The van der Waals surface area contributed by atoms with Crippen molar-refractivity contribution in [3.8, 4) is 0 Å². The van der Waals surface area contributed by atoms with Crippen molar-refractivity contribution in [3.63, 3.8) is 0 Å². The summed E-state index contributed by atoms with van der Waals surface area (Å²) in [4.78, 5) is 32.2. The van der Waals surface area contributed by atoms with Crippen LogP contribution in [0.3, 0.4) is 0 Å². The lowest BCUT2D eigenvalue weighted by atomic mass is 9.67. The average molecular weight is 478 g/mol. The summed E-state index contributed by atoms with van der Waals surface area (Å²) in [5.41, 5.74) is -0.395. The Morgan fingerprint density at radius 1 is 1.15 bits per heavy atom. The van der Waals surface area contributed by atoms with Crippen LogP contribution in [-0.4, -0.2) is 65.9 Å². The molecule has 1 aliphatic carbocycles. The summed E-state index contributed by atoms with van der Waals surface area (Å²) in [5.74, 6) is -1.68. The molecular formula is C24H35NO7Si. The minimum absolute atomic E-state index is 0.0196. The van der Waals surface area contributed by atoms with E-state index in [0.717, 1.165) is 5.56 Å². The van der Waals surface area contributed by atoms with Crippen LogP contribution in [0.4, 0.5) is 0 Å². The standard InChI is InChI=1S/C24H35NO7Si/c1-22(2,3)33(6,7)32-18-17(27)19-21(31-23(4,5)30-19)24(20(18)28)13-16(26)25(24)29-14-15-11-9-8-10-12-15/h8-12,18-21,28H,13-14H2,1-7H3/t18-,19-,20-,21-,24+/m1/s1. The van der Waals surface area contributed by atoms with Gasteiger partial charge in [0, 0.05) is 0 Å². The van der Waals surface area contributed by atoms with E-state index in [1.165, 1.54) is 5.06 Å². The highest BCUT2D eigenvalue weighted by atomic mass is 28.4. The van der Waals surface area contributed by atoms with Crippen molar-refractivity contribution < 1.29 is 33.4 Å². The van der Waals surface area contributed by atoms with E-state index in [4.69, 9.17) is 18.7 Å². The van der Waals surface area contributed by atoms with E-state index in [1.54, 1.807) is 13.8 Å². The number of amides is 1. The molecule has 1 aromatic rings. The van der Waals surface area contributed by atoms with Gasteiger partial charge in [-0.2, -0.15) is 0 Å². The molecule has 5 atom stereocenters. The van der Waals surface area contributed by atoms with E-state index in [9.17, 15) is 14.7 Å². The van der Waals surface area contributed by atoms with Crippen molar-refractivity contribution >= 4 is 20.0 Å². The molecule has 0 bridgehead atoms. The molecule has 1 saturated carbocycles. The number of rotatable bonds is 5. The molecule has 4 rings (SSSR count). The molecule has 33 heavy (non-hydrogen) atoms. The maximum atomic E-state index is 13.5. The van der Waals surface area contributed by atoms with Gasteiger partial charge in [-0.3, -0.25) is 14.4 Å². The third-order valence-corrected chi connectivity index (χ3v) is 11.9. The van der Waals surface area contributed by atoms with E-state index >= 15 is 0 Å². The number of benzene rings is 1. The molecule has 0 radical (unpaired) electrons. The van der Waals surface area contributed by atoms with E-state index in [-0.39, 0.29) is 29.8 Å². The molecule has 0 unspecified atom stereocenters. The third kappa shape index (κ3) is 3.98. The molecule has 1 N–H and O–H groups in total. The third-order valence-electron chi connectivity index (χ3n) is 7.42. The second kappa shape index (κ2) is 7.96. The van der Waals surface area contributed by atoms with Crippen molar-refractivity contribution in [1.29, 1.82) is 0 Å². The van der Waals surface area contributed by atoms with Crippen LogP contribution >= 0.6 is 0 Å². The van der Waals surface area contributed by atoms with Crippen molar-refractivity contribution in [3.05, 3.63) is 35.9 Å². The minimum Gasteiger partial charge on any atom is -0.404 e. The van der Waals surface area contributed by atoms with Gasteiger partial charge in [-0.15, -0.1) is 0 Å². The van der Waals surface area contributed by atoms with Gasteiger partial charge in [-0.1, -0.05) is 51.1 Å². The number of ether oxygens (including phenoxy) is 2. The number of hydrogen-bond donors (Lipinski definition) is 1. The smallest absolute Gasteiger partial charge is 0.249 e. The van der Waals surface area contributed by atoms with Gasteiger partial charge >= 0.3 is 0 Å². The maximum Gasteiger partial charge on any atom is 0.249 e. The Morgan fingerprint density at radius 2 is 1.79 bits per heavy atom. The molecule has 0 aromatic heterocycles. The number of ketones is 1. The number of nitrogens with zero attached hydrogens (tertiary/aromatic N) is 1. The van der Waals surface area contributed by atoms with Gasteiger partial charge < -0.3 is 19.0 Å². The molecule has 8 nitrogen and oxygen atoms in total. The van der Waals surface area contributed by atoms with Crippen molar-refractivity contribution in [2.75, 3.05) is 0 Å². The predicted octanol–water partition coefficient (Wildman–Crippen LogP) is 2.94. The van der Waals surface area contributed by atoms with Crippen LogP contribution in [0.25, 0.3) is 0 Å². The summed E-state index contributed by atoms with van der Waals surface area (Å²) in [6.07, 6.45) is -4.29. The van der Waals surface area contributed by atoms with Gasteiger partial charge in [0.2, 0.25) is 5.91 Å². The number of hydrogen-bond acceptors (Lipinski definition) is 7. The van der Waals surface area contributed by atoms with Crippen molar-refractivity contribution in [2.24, 2.45) is 0 Å². The Kier molecular flexibility index (Phi) is 5.91. The Labute approximate surface area is 196 Å². The number of Topliss-reactive ketones (excluding diaryl/α,β-unsaturated/α-hetero) is 1. The summed E-state index contributed by atoms with van der Waals surface area (Å²) in [6, 6.07) is 9.45. The molecule has 3 aliphatic rings.